The van der Waals surface area contributed by atoms with E-state index in [9.17, 15) is 62.9 Å². The van der Waals surface area contributed by atoms with Gasteiger partial charge in [-0.25, -0.2) is 8.78 Å². The number of amides is 4. The fourth-order valence-electron chi connectivity index (χ4n) is 10.3. The highest BCUT2D eigenvalue weighted by Crippen LogP contribution is 2.32. The Bertz CT molecular complexity index is 2890. The predicted molar refractivity (Wildman–Crippen MR) is 293 cm³/mol. The van der Waals surface area contributed by atoms with Gasteiger partial charge in [-0.05, 0) is 85.5 Å². The summed E-state index contributed by atoms with van der Waals surface area (Å²) < 4.78 is 34.1. The van der Waals surface area contributed by atoms with E-state index in [0.29, 0.717) is 76.1 Å². The molecule has 432 valence electrons. The second kappa shape index (κ2) is 29.5. The number of carboxylic acid groups (broad SMARTS) is 3. The number of aromatic nitrogens is 2. The van der Waals surface area contributed by atoms with Gasteiger partial charge in [0, 0.05) is 106 Å². The first kappa shape index (κ1) is 60.7. The van der Waals surface area contributed by atoms with E-state index in [1.807, 2.05) is 47.4 Å². The van der Waals surface area contributed by atoms with E-state index in [1.54, 1.807) is 51.3 Å². The van der Waals surface area contributed by atoms with E-state index in [4.69, 9.17) is 4.74 Å². The number of hydrogen-bond acceptors (Lipinski definition) is 15. The molecule has 22 nitrogen and oxygen atoms in total. The molecule has 7 rings (SSSR count). The van der Waals surface area contributed by atoms with Crippen LogP contribution in [0.3, 0.4) is 0 Å². The monoisotopic (exact) mass is 1120 g/mol. The van der Waals surface area contributed by atoms with E-state index >= 15 is 0 Å². The third kappa shape index (κ3) is 19.4. The summed E-state index contributed by atoms with van der Waals surface area (Å²) in [7, 11) is 0. The lowest BCUT2D eigenvalue weighted by Crippen LogP contribution is -2.50. The number of nitriles is 1. The summed E-state index contributed by atoms with van der Waals surface area (Å²) in [5.74, 6) is -7.60. The fourth-order valence-corrected chi connectivity index (χ4v) is 10.3. The molecule has 2 aromatic carbocycles. The summed E-state index contributed by atoms with van der Waals surface area (Å²) in [6.07, 6.45) is 10.4. The zero-order valence-electron chi connectivity index (χ0n) is 45.0. The lowest BCUT2D eigenvalue weighted by Gasteiger charge is -2.33. The first-order valence-corrected chi connectivity index (χ1v) is 27.0. The number of carbonyl (C=O) groups excluding carboxylic acids is 4. The summed E-state index contributed by atoms with van der Waals surface area (Å²) in [5, 5.41) is 47.6. The molecular formula is C57H69F2N11O11. The molecule has 3 fully saturated rings. The van der Waals surface area contributed by atoms with Crippen molar-refractivity contribution in [3.63, 3.8) is 0 Å². The molecule has 6 N–H and O–H groups in total. The van der Waals surface area contributed by atoms with Gasteiger partial charge in [0.1, 0.15) is 18.4 Å². The summed E-state index contributed by atoms with van der Waals surface area (Å²) in [4.78, 5) is 105. The van der Waals surface area contributed by atoms with Gasteiger partial charge in [0.15, 0.2) is 0 Å². The summed E-state index contributed by atoms with van der Waals surface area (Å²) >= 11 is 0. The van der Waals surface area contributed by atoms with Gasteiger partial charge < -0.3 is 40.9 Å². The number of hydrogen-bond donors (Lipinski definition) is 6. The number of aliphatic carboxylic acids is 3. The van der Waals surface area contributed by atoms with E-state index in [1.165, 1.54) is 18.5 Å². The summed E-state index contributed by atoms with van der Waals surface area (Å²) in [6.45, 7) is 0.649. The van der Waals surface area contributed by atoms with E-state index in [2.05, 4.69) is 25.9 Å². The molecular weight excluding hydrogens is 1050 g/mol. The van der Waals surface area contributed by atoms with Gasteiger partial charge in [-0.3, -0.25) is 63.1 Å². The maximum Gasteiger partial charge on any atom is 0.317 e. The van der Waals surface area contributed by atoms with Crippen molar-refractivity contribution in [2.45, 2.75) is 56.5 Å². The maximum atomic E-state index is 14.0. The Morgan fingerprint density at radius 3 is 1.99 bits per heavy atom. The molecule has 0 bridgehead atoms. The maximum absolute atomic E-state index is 14.0. The van der Waals surface area contributed by atoms with Gasteiger partial charge in [-0.2, -0.15) is 5.26 Å². The normalized spacial score (nSPS) is 20.1. The molecule has 2 atom stereocenters. The van der Waals surface area contributed by atoms with Crippen molar-refractivity contribution in [3.05, 3.63) is 102 Å². The van der Waals surface area contributed by atoms with Crippen molar-refractivity contribution in [1.29, 1.82) is 5.26 Å². The average Bonchev–Trinajstić information content (AvgIpc) is 4.00. The number of fused-ring (bicyclic) bond motifs is 1. The summed E-state index contributed by atoms with van der Waals surface area (Å²) in [6, 6.07) is 18.5. The highest BCUT2D eigenvalue weighted by atomic mass is 19.3. The van der Waals surface area contributed by atoms with Crippen LogP contribution in [0.15, 0.2) is 79.3 Å². The van der Waals surface area contributed by atoms with Gasteiger partial charge in [0.2, 0.25) is 17.7 Å². The first-order valence-electron chi connectivity index (χ1n) is 27.0. The largest absolute Gasteiger partial charge is 0.491 e. The smallest absolute Gasteiger partial charge is 0.317 e. The van der Waals surface area contributed by atoms with Crippen LogP contribution < -0.4 is 20.7 Å². The van der Waals surface area contributed by atoms with Crippen LogP contribution in [0, 0.1) is 23.2 Å². The molecule has 4 heterocycles. The number of alkyl halides is 2. The highest BCUT2D eigenvalue weighted by Gasteiger charge is 2.47. The molecule has 2 aromatic heterocycles. The van der Waals surface area contributed by atoms with Gasteiger partial charge in [0.25, 0.3) is 11.8 Å². The van der Waals surface area contributed by atoms with E-state index in [0.717, 1.165) is 26.9 Å². The average molecular weight is 1120 g/mol. The van der Waals surface area contributed by atoms with Crippen LogP contribution in [0.2, 0.25) is 0 Å². The Balaban J connectivity index is 0.909. The van der Waals surface area contributed by atoms with Crippen LogP contribution >= 0.6 is 0 Å². The van der Waals surface area contributed by atoms with Crippen LogP contribution in [0.5, 0.6) is 5.75 Å². The SMILES string of the molecule is N#C[C@@H]1CC(F)(F)CN1C(=O)CNC(=O)c1ccncc1/C=C/c1ccc(OCC(Cc2ccc3ncccc3c2)NC(=O)C2CCC(CNC(=O)CN3CCN(CC(=O)O)CCN(CC(=O)O)CCN(CC(=O)O)CC3)CC2)cc1. The second-order valence-electron chi connectivity index (χ2n) is 20.8. The Kier molecular flexibility index (Phi) is 22.1. The number of ether oxygens (including phenoxy) is 1. The third-order valence-corrected chi connectivity index (χ3v) is 14.7. The number of likely N-dealkylation sites (tertiary alicyclic amines) is 1. The van der Waals surface area contributed by atoms with E-state index in [-0.39, 0.29) is 88.2 Å². The molecule has 2 saturated heterocycles. The number of halogens is 2. The van der Waals surface area contributed by atoms with Crippen LogP contribution in [0.4, 0.5) is 8.78 Å². The molecule has 1 aliphatic carbocycles. The zero-order valence-corrected chi connectivity index (χ0v) is 45.0. The Morgan fingerprint density at radius 1 is 0.765 bits per heavy atom. The first-order chi connectivity index (χ1) is 38.9. The van der Waals surface area contributed by atoms with E-state index < -0.39 is 67.2 Å². The number of carboxylic acids is 3. The standard InChI is InChI=1S/C57H69F2N11O11/c58-57(59)28-46(29-60)70(38-57)51(72)32-64-56(80)48-15-17-61-31-44(48)11-3-39-6-12-47(13-7-39)81-37-45(27-41-8-14-49-43(26-41)2-1-16-62-49)65-55(79)42-9-4-40(5-10-42)30-63-50(71)33-66-18-20-67(34-52(73)74)22-24-69(36-54(77)78)25-23-68(21-19-66)35-53(75)76/h1-3,6-8,11-17,26,31,40,42,45-46H,4-5,9-10,18-25,27-28,30,32-38H2,(H,63,71)(H,64,80)(H,65,79)(H,73,74)(H,75,76)(H,77,78)/b11-3+/t40?,42?,45?,46-/m0/s1. The van der Waals surface area contributed by atoms with Crippen molar-refractivity contribution >= 4 is 64.6 Å². The molecule has 1 unspecified atom stereocenters. The molecule has 24 heteroatoms. The number of nitrogens with zero attached hydrogens (tertiary/aromatic N) is 8. The van der Waals surface area contributed by atoms with Crippen molar-refractivity contribution < 1.29 is 62.4 Å². The third-order valence-electron chi connectivity index (χ3n) is 14.7. The second-order valence-corrected chi connectivity index (χ2v) is 20.8. The molecule has 4 amide bonds. The molecule has 3 aliphatic rings. The van der Waals surface area contributed by atoms with Crippen molar-refractivity contribution in [2.24, 2.45) is 11.8 Å². The minimum Gasteiger partial charge on any atom is -0.491 e. The molecule has 4 aromatic rings. The number of rotatable bonds is 22. The lowest BCUT2D eigenvalue weighted by atomic mass is 9.81. The molecule has 2 aliphatic heterocycles. The van der Waals surface area contributed by atoms with Crippen LogP contribution in [-0.4, -0.2) is 214 Å². The minimum absolute atomic E-state index is 0.00830. The molecule has 81 heavy (non-hydrogen) atoms. The number of nitrogens with one attached hydrogen (secondary N) is 3. The molecule has 0 spiro atoms. The van der Waals surface area contributed by atoms with Crippen LogP contribution in [0.1, 0.15) is 59.2 Å². The summed E-state index contributed by atoms with van der Waals surface area (Å²) in [5.41, 5.74) is 3.21. The van der Waals surface area contributed by atoms with Gasteiger partial charge in [-0.1, -0.05) is 36.4 Å². The number of pyridine rings is 2. The van der Waals surface area contributed by atoms with Crippen LogP contribution in [-0.2, 0) is 35.2 Å². The topological polar surface area (TPSA) is 291 Å². The Labute approximate surface area is 467 Å². The van der Waals surface area contributed by atoms with Crippen molar-refractivity contribution in [3.8, 4) is 11.8 Å². The Morgan fingerprint density at radius 2 is 1.38 bits per heavy atom. The van der Waals surface area contributed by atoms with Gasteiger partial charge >= 0.3 is 17.9 Å². The molecule has 1 saturated carbocycles. The number of benzene rings is 2. The van der Waals surface area contributed by atoms with Gasteiger partial charge in [0.05, 0.1) is 56.9 Å². The highest BCUT2D eigenvalue weighted by molar-refractivity contribution is 6.00. The molecule has 0 radical (unpaired) electrons. The quantitative estimate of drug-likeness (QED) is 0.0660. The fraction of sp³-hybridized carbons (Fsp3) is 0.474. The predicted octanol–water partition coefficient (Wildman–Crippen LogP) is 2.79. The van der Waals surface area contributed by atoms with Crippen LogP contribution in [0.25, 0.3) is 23.1 Å². The number of carbonyl (C=O) groups is 7. The van der Waals surface area contributed by atoms with Gasteiger partial charge in [-0.15, -0.1) is 0 Å². The lowest BCUT2D eigenvalue weighted by molar-refractivity contribution is -0.140. The zero-order chi connectivity index (χ0) is 57.9. The minimum atomic E-state index is -3.18. The Hall–Kier alpha value is -7.98. The van der Waals surface area contributed by atoms with Crippen molar-refractivity contribution in [1.82, 2.24) is 50.4 Å². The van der Waals surface area contributed by atoms with Crippen molar-refractivity contribution in [2.75, 3.05) is 105 Å².